The van der Waals surface area contributed by atoms with Crippen LogP contribution < -0.4 is 5.73 Å². The summed E-state index contributed by atoms with van der Waals surface area (Å²) in [5, 5.41) is 9.10. The Labute approximate surface area is 101 Å². The second kappa shape index (κ2) is 3.75. The SMILES string of the molecule is CC(C)(C)C1CCn2c(nc(N)c2C(=O)O)C1. The Kier molecular flexibility index (Phi) is 2.64. The number of nitrogens with zero attached hydrogens (tertiary/aromatic N) is 2. The molecule has 0 saturated heterocycles. The summed E-state index contributed by atoms with van der Waals surface area (Å²) < 4.78 is 1.75. The van der Waals surface area contributed by atoms with Gasteiger partial charge in [0.1, 0.15) is 5.82 Å². The number of aromatic carboxylic acids is 1. The number of aromatic nitrogens is 2. The molecule has 0 aliphatic carbocycles. The number of nitrogen functional groups attached to an aromatic ring is 1. The van der Waals surface area contributed by atoms with Crippen molar-refractivity contribution in [2.75, 3.05) is 5.73 Å². The lowest BCUT2D eigenvalue weighted by molar-refractivity contribution is 0.0682. The number of imidazole rings is 1. The molecule has 1 aliphatic heterocycles. The van der Waals surface area contributed by atoms with E-state index in [0.29, 0.717) is 12.5 Å². The van der Waals surface area contributed by atoms with Gasteiger partial charge >= 0.3 is 5.97 Å². The molecule has 1 unspecified atom stereocenters. The molecule has 0 saturated carbocycles. The van der Waals surface area contributed by atoms with Gasteiger partial charge in [0.15, 0.2) is 11.5 Å². The van der Waals surface area contributed by atoms with Gasteiger partial charge in [0.2, 0.25) is 0 Å². The molecule has 0 aromatic carbocycles. The fraction of sp³-hybridized carbons (Fsp3) is 0.667. The highest BCUT2D eigenvalue weighted by Crippen LogP contribution is 2.36. The maximum Gasteiger partial charge on any atom is 0.356 e. The number of hydrogen-bond acceptors (Lipinski definition) is 3. The van der Waals surface area contributed by atoms with Crippen LogP contribution in [0, 0.1) is 11.3 Å². The standard InChI is InChI=1S/C12H19N3O2/c1-12(2,3)7-4-5-15-8(6-7)14-10(13)9(15)11(16)17/h7H,4-6,13H2,1-3H3,(H,16,17). The number of carbonyl (C=O) groups is 1. The maximum absolute atomic E-state index is 11.1. The molecule has 2 heterocycles. The molecular formula is C12H19N3O2. The Hall–Kier alpha value is -1.52. The second-order valence-electron chi connectivity index (χ2n) is 5.77. The summed E-state index contributed by atoms with van der Waals surface area (Å²) in [6.45, 7) is 7.32. The van der Waals surface area contributed by atoms with Gasteiger partial charge in [0.05, 0.1) is 0 Å². The average molecular weight is 237 g/mol. The quantitative estimate of drug-likeness (QED) is 0.780. The van der Waals surface area contributed by atoms with Gasteiger partial charge in [-0.15, -0.1) is 0 Å². The smallest absolute Gasteiger partial charge is 0.356 e. The van der Waals surface area contributed by atoms with Crippen molar-refractivity contribution in [3.8, 4) is 0 Å². The largest absolute Gasteiger partial charge is 0.476 e. The molecule has 1 aromatic rings. The Bertz CT molecular complexity index is 457. The summed E-state index contributed by atoms with van der Waals surface area (Å²) in [6, 6.07) is 0. The molecule has 1 aromatic heterocycles. The number of fused-ring (bicyclic) bond motifs is 1. The molecule has 0 amide bonds. The summed E-state index contributed by atoms with van der Waals surface area (Å²) >= 11 is 0. The van der Waals surface area contributed by atoms with Crippen LogP contribution in [0.5, 0.6) is 0 Å². The van der Waals surface area contributed by atoms with Gasteiger partial charge in [0, 0.05) is 13.0 Å². The van der Waals surface area contributed by atoms with Gasteiger partial charge in [-0.25, -0.2) is 9.78 Å². The number of nitrogens with two attached hydrogens (primary N) is 1. The van der Waals surface area contributed by atoms with Crippen molar-refractivity contribution in [1.29, 1.82) is 0 Å². The van der Waals surface area contributed by atoms with E-state index in [4.69, 9.17) is 10.8 Å². The van der Waals surface area contributed by atoms with Crippen molar-refractivity contribution in [1.82, 2.24) is 9.55 Å². The minimum Gasteiger partial charge on any atom is -0.476 e. The molecule has 17 heavy (non-hydrogen) atoms. The molecule has 2 rings (SSSR count). The molecule has 0 radical (unpaired) electrons. The minimum absolute atomic E-state index is 0.141. The molecule has 5 nitrogen and oxygen atoms in total. The van der Waals surface area contributed by atoms with Crippen LogP contribution in [-0.2, 0) is 13.0 Å². The van der Waals surface area contributed by atoms with Gasteiger partial charge < -0.3 is 15.4 Å². The van der Waals surface area contributed by atoms with E-state index in [1.165, 1.54) is 0 Å². The molecule has 1 aliphatic rings. The predicted molar refractivity (Wildman–Crippen MR) is 64.9 cm³/mol. The van der Waals surface area contributed by atoms with E-state index in [-0.39, 0.29) is 16.9 Å². The number of anilines is 1. The molecule has 3 N–H and O–H groups in total. The number of hydrogen-bond donors (Lipinski definition) is 2. The van der Waals surface area contributed by atoms with E-state index in [0.717, 1.165) is 18.7 Å². The van der Waals surface area contributed by atoms with Crippen molar-refractivity contribution in [2.45, 2.75) is 40.2 Å². The topological polar surface area (TPSA) is 81.1 Å². The summed E-state index contributed by atoms with van der Waals surface area (Å²) in [7, 11) is 0. The predicted octanol–water partition coefficient (Wildman–Crippen LogP) is 1.77. The first kappa shape index (κ1) is 12.0. The molecule has 94 valence electrons. The second-order valence-corrected chi connectivity index (χ2v) is 5.77. The summed E-state index contributed by atoms with van der Waals surface area (Å²) in [5.41, 5.74) is 6.03. The van der Waals surface area contributed by atoms with Crippen molar-refractivity contribution in [3.05, 3.63) is 11.5 Å². The van der Waals surface area contributed by atoms with Crippen LogP contribution in [0.4, 0.5) is 5.82 Å². The van der Waals surface area contributed by atoms with Crippen molar-refractivity contribution in [2.24, 2.45) is 11.3 Å². The highest BCUT2D eigenvalue weighted by Gasteiger charge is 2.32. The first-order valence-corrected chi connectivity index (χ1v) is 5.89. The van der Waals surface area contributed by atoms with Crippen molar-refractivity contribution in [3.63, 3.8) is 0 Å². The van der Waals surface area contributed by atoms with Gasteiger partial charge in [-0.2, -0.15) is 0 Å². The Morgan fingerprint density at radius 3 is 2.71 bits per heavy atom. The molecule has 1 atom stereocenters. The van der Waals surface area contributed by atoms with Crippen LogP contribution >= 0.6 is 0 Å². The van der Waals surface area contributed by atoms with Crippen molar-refractivity contribution < 1.29 is 9.90 Å². The van der Waals surface area contributed by atoms with E-state index in [1.807, 2.05) is 0 Å². The van der Waals surface area contributed by atoms with E-state index >= 15 is 0 Å². The number of rotatable bonds is 1. The van der Waals surface area contributed by atoms with Crippen LogP contribution in [0.3, 0.4) is 0 Å². The zero-order valence-corrected chi connectivity index (χ0v) is 10.5. The minimum atomic E-state index is -0.990. The van der Waals surface area contributed by atoms with Gasteiger partial charge in [0.25, 0.3) is 0 Å². The fourth-order valence-electron chi connectivity index (χ4n) is 2.49. The van der Waals surface area contributed by atoms with E-state index in [2.05, 4.69) is 25.8 Å². The third-order valence-corrected chi connectivity index (χ3v) is 3.63. The Morgan fingerprint density at radius 1 is 1.53 bits per heavy atom. The fourth-order valence-corrected chi connectivity index (χ4v) is 2.49. The summed E-state index contributed by atoms with van der Waals surface area (Å²) in [4.78, 5) is 15.3. The number of carboxylic acids is 1. The van der Waals surface area contributed by atoms with E-state index < -0.39 is 5.97 Å². The monoisotopic (exact) mass is 237 g/mol. The van der Waals surface area contributed by atoms with Gasteiger partial charge in [-0.3, -0.25) is 0 Å². The highest BCUT2D eigenvalue weighted by molar-refractivity contribution is 5.91. The zero-order chi connectivity index (χ0) is 12.8. The maximum atomic E-state index is 11.1. The van der Waals surface area contributed by atoms with Crippen LogP contribution in [0.15, 0.2) is 0 Å². The highest BCUT2D eigenvalue weighted by atomic mass is 16.4. The van der Waals surface area contributed by atoms with Crippen molar-refractivity contribution >= 4 is 11.8 Å². The first-order valence-electron chi connectivity index (χ1n) is 5.89. The average Bonchev–Trinajstić information content (AvgIpc) is 2.50. The van der Waals surface area contributed by atoms with Crippen LogP contribution in [-0.4, -0.2) is 20.6 Å². The molecular weight excluding hydrogens is 218 g/mol. The van der Waals surface area contributed by atoms with Crippen LogP contribution in [0.2, 0.25) is 0 Å². The molecule has 0 fully saturated rings. The normalized spacial score (nSPS) is 20.1. The lowest BCUT2D eigenvalue weighted by atomic mass is 9.75. The van der Waals surface area contributed by atoms with Gasteiger partial charge in [-0.1, -0.05) is 20.8 Å². The lowest BCUT2D eigenvalue weighted by Crippen LogP contribution is -2.30. The van der Waals surface area contributed by atoms with Crippen LogP contribution in [0.1, 0.15) is 43.5 Å². The lowest BCUT2D eigenvalue weighted by Gasteiger charge is -2.34. The number of carboxylic acid groups (broad SMARTS) is 1. The Morgan fingerprint density at radius 2 is 2.18 bits per heavy atom. The van der Waals surface area contributed by atoms with Gasteiger partial charge in [-0.05, 0) is 17.8 Å². The molecule has 5 heteroatoms. The van der Waals surface area contributed by atoms with Crippen LogP contribution in [0.25, 0.3) is 0 Å². The zero-order valence-electron chi connectivity index (χ0n) is 10.5. The third kappa shape index (κ3) is 2.01. The molecule has 0 spiro atoms. The van der Waals surface area contributed by atoms with E-state index in [1.54, 1.807) is 4.57 Å². The third-order valence-electron chi connectivity index (χ3n) is 3.63. The molecule has 0 bridgehead atoms. The Balaban J connectivity index is 2.35. The summed E-state index contributed by atoms with van der Waals surface area (Å²) in [6.07, 6.45) is 1.79. The first-order chi connectivity index (χ1) is 7.80. The van der Waals surface area contributed by atoms with E-state index in [9.17, 15) is 4.79 Å². The summed E-state index contributed by atoms with van der Waals surface area (Å²) in [5.74, 6) is 0.488.